The van der Waals surface area contributed by atoms with Crippen LogP contribution in [-0.2, 0) is 4.79 Å². The number of anilines is 1. The summed E-state index contributed by atoms with van der Waals surface area (Å²) in [6.45, 7) is 0. The molecule has 7 nitrogen and oxygen atoms in total. The third-order valence-electron chi connectivity index (χ3n) is 2.84. The average molecular weight is 332 g/mol. The molecule has 1 N–H and O–H groups in total. The molecule has 0 aliphatic carbocycles. The number of nitro benzene ring substituents is 1. The molecule has 0 unspecified atom stereocenters. The maximum absolute atomic E-state index is 12.3. The van der Waals surface area contributed by atoms with Gasteiger partial charge >= 0.3 is 0 Å². The molecule has 0 bridgehead atoms. The average Bonchev–Trinajstić information content (AvgIpc) is 3.09. The smallest absolute Gasteiger partial charge is 0.273 e. The van der Waals surface area contributed by atoms with Crippen LogP contribution >= 0.6 is 23.1 Å². The second-order valence-electron chi connectivity index (χ2n) is 4.22. The van der Waals surface area contributed by atoms with Crippen molar-refractivity contribution in [2.24, 2.45) is 0 Å². The van der Waals surface area contributed by atoms with Crippen LogP contribution in [0.4, 0.5) is 10.8 Å². The number of benzene rings is 1. The maximum atomic E-state index is 12.3. The van der Waals surface area contributed by atoms with Crippen LogP contribution < -0.4 is 4.90 Å². The maximum Gasteiger partial charge on any atom is 0.273 e. The van der Waals surface area contributed by atoms with Gasteiger partial charge in [0, 0.05) is 23.7 Å². The zero-order chi connectivity index (χ0) is 15.7. The molecule has 0 atom stereocenters. The lowest BCUT2D eigenvalue weighted by atomic mass is 10.2. The molecule has 1 aromatic heterocycles. The van der Waals surface area contributed by atoms with E-state index in [1.807, 2.05) is 0 Å². The molecule has 22 heavy (non-hydrogen) atoms. The van der Waals surface area contributed by atoms with E-state index in [0.29, 0.717) is 15.6 Å². The Morgan fingerprint density at radius 2 is 2.05 bits per heavy atom. The van der Waals surface area contributed by atoms with Crippen molar-refractivity contribution in [3.05, 3.63) is 56.4 Å². The standard InChI is InChI=1S/C13H8N4O3S2/c14-12-16(13-15-5-6-21-13)11(18)10(22-12)7-8-1-3-9(4-2-8)17(19)20/h1-7,14H. The van der Waals surface area contributed by atoms with Crippen LogP contribution in [-0.4, -0.2) is 21.0 Å². The predicted octanol–water partition coefficient (Wildman–Crippen LogP) is 3.11. The second kappa shape index (κ2) is 5.70. The van der Waals surface area contributed by atoms with Crippen molar-refractivity contribution in [1.82, 2.24) is 4.98 Å². The van der Waals surface area contributed by atoms with Crippen LogP contribution in [0.25, 0.3) is 6.08 Å². The van der Waals surface area contributed by atoms with Crippen LogP contribution in [0.3, 0.4) is 0 Å². The lowest BCUT2D eigenvalue weighted by Gasteiger charge is -2.08. The second-order valence-corrected chi connectivity index (χ2v) is 6.12. The van der Waals surface area contributed by atoms with E-state index in [1.54, 1.807) is 29.8 Å². The molecule has 9 heteroatoms. The van der Waals surface area contributed by atoms with Gasteiger partial charge in [0.25, 0.3) is 11.6 Å². The van der Waals surface area contributed by atoms with Gasteiger partial charge in [-0.25, -0.2) is 9.88 Å². The summed E-state index contributed by atoms with van der Waals surface area (Å²) in [6.07, 6.45) is 3.18. The van der Waals surface area contributed by atoms with Crippen molar-refractivity contribution < 1.29 is 9.72 Å². The number of nitro groups is 1. The van der Waals surface area contributed by atoms with Crippen LogP contribution in [0.5, 0.6) is 0 Å². The summed E-state index contributed by atoms with van der Waals surface area (Å²) >= 11 is 2.32. The highest BCUT2D eigenvalue weighted by Crippen LogP contribution is 2.35. The summed E-state index contributed by atoms with van der Waals surface area (Å²) in [6, 6.07) is 5.88. The van der Waals surface area contributed by atoms with E-state index in [0.717, 1.165) is 11.8 Å². The Hall–Kier alpha value is -2.52. The summed E-state index contributed by atoms with van der Waals surface area (Å²) in [4.78, 5) is 28.2. The molecule has 1 aliphatic rings. The van der Waals surface area contributed by atoms with E-state index >= 15 is 0 Å². The van der Waals surface area contributed by atoms with Gasteiger partial charge in [-0.2, -0.15) is 0 Å². The number of amides is 1. The van der Waals surface area contributed by atoms with Crippen molar-refractivity contribution in [2.45, 2.75) is 0 Å². The van der Waals surface area contributed by atoms with E-state index in [4.69, 9.17) is 5.41 Å². The molecule has 0 saturated carbocycles. The first-order valence-corrected chi connectivity index (χ1v) is 7.72. The first-order chi connectivity index (χ1) is 10.6. The lowest BCUT2D eigenvalue weighted by Crippen LogP contribution is -2.27. The number of hydrogen-bond acceptors (Lipinski definition) is 7. The molecule has 1 aliphatic heterocycles. The number of aromatic nitrogens is 1. The van der Waals surface area contributed by atoms with E-state index in [1.165, 1.54) is 28.4 Å². The Morgan fingerprint density at radius 1 is 1.32 bits per heavy atom. The van der Waals surface area contributed by atoms with Gasteiger partial charge in [0.05, 0.1) is 9.83 Å². The number of thioether (sulfide) groups is 1. The van der Waals surface area contributed by atoms with E-state index in [-0.39, 0.29) is 16.8 Å². The number of nitrogens with one attached hydrogen (secondary N) is 1. The van der Waals surface area contributed by atoms with Crippen LogP contribution in [0.1, 0.15) is 5.56 Å². The largest absolute Gasteiger partial charge is 0.278 e. The quantitative estimate of drug-likeness (QED) is 0.529. The number of thiazole rings is 1. The summed E-state index contributed by atoms with van der Waals surface area (Å²) in [5.41, 5.74) is 0.653. The third kappa shape index (κ3) is 2.63. The van der Waals surface area contributed by atoms with E-state index < -0.39 is 4.92 Å². The zero-order valence-corrected chi connectivity index (χ0v) is 12.6. The predicted molar refractivity (Wildman–Crippen MR) is 86.0 cm³/mol. The zero-order valence-electron chi connectivity index (χ0n) is 10.9. The normalized spacial score (nSPS) is 16.5. The highest BCUT2D eigenvalue weighted by atomic mass is 32.2. The number of carbonyl (C=O) groups excluding carboxylic acids is 1. The van der Waals surface area contributed by atoms with Crippen molar-refractivity contribution in [3.63, 3.8) is 0 Å². The Kier molecular flexibility index (Phi) is 3.73. The number of carbonyl (C=O) groups is 1. The fourth-order valence-electron chi connectivity index (χ4n) is 1.83. The molecule has 0 spiro atoms. The monoisotopic (exact) mass is 332 g/mol. The van der Waals surface area contributed by atoms with Crippen molar-refractivity contribution in [3.8, 4) is 0 Å². The van der Waals surface area contributed by atoms with Crippen molar-refractivity contribution in [1.29, 1.82) is 5.41 Å². The number of nitrogens with zero attached hydrogens (tertiary/aromatic N) is 3. The van der Waals surface area contributed by atoms with Crippen LogP contribution in [0.15, 0.2) is 40.7 Å². The minimum atomic E-state index is -0.480. The van der Waals surface area contributed by atoms with E-state index in [9.17, 15) is 14.9 Å². The summed E-state index contributed by atoms with van der Waals surface area (Å²) in [5.74, 6) is -0.316. The number of non-ortho nitro benzene ring substituents is 1. The molecular weight excluding hydrogens is 324 g/mol. The number of hydrogen-bond donors (Lipinski definition) is 1. The Balaban J connectivity index is 1.88. The minimum Gasteiger partial charge on any atom is -0.278 e. The molecular formula is C13H8N4O3S2. The highest BCUT2D eigenvalue weighted by Gasteiger charge is 2.34. The van der Waals surface area contributed by atoms with Gasteiger partial charge in [-0.3, -0.25) is 20.3 Å². The first kappa shape index (κ1) is 14.4. The number of amidine groups is 1. The molecule has 1 fully saturated rings. The summed E-state index contributed by atoms with van der Waals surface area (Å²) in [7, 11) is 0. The minimum absolute atomic E-state index is 0.00953. The molecule has 110 valence electrons. The molecule has 1 aromatic carbocycles. The summed E-state index contributed by atoms with van der Waals surface area (Å²) < 4.78 is 0. The molecule has 3 rings (SSSR count). The Morgan fingerprint density at radius 3 is 2.64 bits per heavy atom. The Labute approximate surface area is 132 Å². The number of rotatable bonds is 3. The highest BCUT2D eigenvalue weighted by molar-refractivity contribution is 8.19. The van der Waals surface area contributed by atoms with Gasteiger partial charge in [-0.05, 0) is 35.5 Å². The molecule has 1 saturated heterocycles. The summed E-state index contributed by atoms with van der Waals surface area (Å²) in [5, 5.41) is 20.8. The van der Waals surface area contributed by atoms with Gasteiger partial charge < -0.3 is 0 Å². The lowest BCUT2D eigenvalue weighted by molar-refractivity contribution is -0.384. The van der Waals surface area contributed by atoms with Crippen molar-refractivity contribution in [2.75, 3.05) is 4.90 Å². The van der Waals surface area contributed by atoms with Gasteiger partial charge in [-0.15, -0.1) is 11.3 Å². The third-order valence-corrected chi connectivity index (χ3v) is 4.48. The van der Waals surface area contributed by atoms with Gasteiger partial charge in [-0.1, -0.05) is 0 Å². The van der Waals surface area contributed by atoms with Crippen LogP contribution in [0.2, 0.25) is 0 Å². The van der Waals surface area contributed by atoms with Crippen LogP contribution in [0, 0.1) is 15.5 Å². The molecule has 2 aromatic rings. The Bertz CT molecular complexity index is 784. The SMILES string of the molecule is N=C1SC(=Cc2ccc([N+](=O)[O-])cc2)C(=O)N1c1nccs1. The fourth-order valence-corrected chi connectivity index (χ4v) is 3.38. The fraction of sp³-hybridized carbons (Fsp3) is 0. The van der Waals surface area contributed by atoms with Gasteiger partial charge in [0.1, 0.15) is 0 Å². The molecule has 0 radical (unpaired) electrons. The van der Waals surface area contributed by atoms with Gasteiger partial charge in [0.15, 0.2) is 10.3 Å². The molecule has 2 heterocycles. The van der Waals surface area contributed by atoms with Gasteiger partial charge in [0.2, 0.25) is 0 Å². The topological polar surface area (TPSA) is 100 Å². The van der Waals surface area contributed by atoms with E-state index in [2.05, 4.69) is 4.98 Å². The molecule has 1 amide bonds. The first-order valence-electron chi connectivity index (χ1n) is 6.03. The van der Waals surface area contributed by atoms with Crippen molar-refractivity contribution >= 4 is 51.1 Å².